The normalized spacial score (nSPS) is 11.2. The molecule has 6 nitrogen and oxygen atoms in total. The van der Waals surface area contributed by atoms with E-state index in [9.17, 15) is 9.59 Å². The van der Waals surface area contributed by atoms with Crippen molar-refractivity contribution in [1.82, 2.24) is 14.9 Å². The van der Waals surface area contributed by atoms with Crippen LogP contribution in [0.3, 0.4) is 0 Å². The van der Waals surface area contributed by atoms with Crippen LogP contribution in [-0.4, -0.2) is 40.5 Å². The molecule has 2 aromatic heterocycles. The Hall–Kier alpha value is -2.42. The van der Waals surface area contributed by atoms with Crippen molar-refractivity contribution in [1.29, 1.82) is 0 Å². The molecule has 0 fully saturated rings. The molecule has 1 amide bonds. The predicted octanol–water partition coefficient (Wildman–Crippen LogP) is 4.64. The minimum absolute atomic E-state index is 0.0913. The molecule has 2 heterocycles. The van der Waals surface area contributed by atoms with E-state index in [0.717, 1.165) is 22.4 Å². The van der Waals surface area contributed by atoms with Gasteiger partial charge >= 0.3 is 0 Å². The molecule has 8 heteroatoms. The van der Waals surface area contributed by atoms with Crippen LogP contribution in [0.25, 0.3) is 20.7 Å². The second kappa shape index (κ2) is 11.4. The molecule has 0 radical (unpaired) electrons. The number of allylic oxidation sites excluding steroid dienone is 1. The van der Waals surface area contributed by atoms with Gasteiger partial charge in [-0.05, 0) is 38.3 Å². The predicted molar refractivity (Wildman–Crippen MR) is 134 cm³/mol. The Bertz CT molecular complexity index is 1140. The van der Waals surface area contributed by atoms with Gasteiger partial charge in [-0.1, -0.05) is 48.2 Å². The lowest BCUT2D eigenvalue weighted by molar-refractivity contribution is -0.118. The number of nitrogens with zero attached hydrogens (tertiary/aromatic N) is 2. The number of ether oxygens (including phenoxy) is 1. The fraction of sp³-hybridized carbons (Fsp3) is 0.375. The number of aryl methyl sites for hydroxylation is 1. The Morgan fingerprint density at radius 3 is 2.78 bits per heavy atom. The number of nitrogens with one attached hydrogen (secondary N) is 1. The van der Waals surface area contributed by atoms with Crippen molar-refractivity contribution >= 4 is 39.2 Å². The number of hydrogen-bond donors (Lipinski definition) is 1. The lowest BCUT2D eigenvalue weighted by Gasteiger charge is -2.11. The van der Waals surface area contributed by atoms with Crippen LogP contribution < -0.4 is 10.9 Å². The van der Waals surface area contributed by atoms with Crippen LogP contribution in [0, 0.1) is 6.92 Å². The number of fused-ring (bicyclic) bond motifs is 1. The van der Waals surface area contributed by atoms with Crippen molar-refractivity contribution < 1.29 is 9.53 Å². The fourth-order valence-corrected chi connectivity index (χ4v) is 5.33. The Morgan fingerprint density at radius 2 is 2.09 bits per heavy atom. The maximum absolute atomic E-state index is 13.3. The van der Waals surface area contributed by atoms with Crippen LogP contribution in [0.1, 0.15) is 25.8 Å². The van der Waals surface area contributed by atoms with E-state index >= 15 is 0 Å². The average Bonchev–Trinajstić information content (AvgIpc) is 3.11. The summed E-state index contributed by atoms with van der Waals surface area (Å²) >= 11 is 2.78. The minimum atomic E-state index is -0.0976. The number of rotatable bonds is 11. The van der Waals surface area contributed by atoms with Gasteiger partial charge in [-0.2, -0.15) is 0 Å². The quantitative estimate of drug-likeness (QED) is 0.191. The van der Waals surface area contributed by atoms with Gasteiger partial charge in [-0.15, -0.1) is 17.9 Å². The Morgan fingerprint density at radius 1 is 1.34 bits per heavy atom. The molecule has 0 bridgehead atoms. The maximum atomic E-state index is 13.3. The third-order valence-corrected chi connectivity index (χ3v) is 7.00. The highest BCUT2D eigenvalue weighted by atomic mass is 32.2. The summed E-state index contributed by atoms with van der Waals surface area (Å²) in [6.45, 7) is 11.2. The minimum Gasteiger partial charge on any atom is -0.379 e. The number of aromatic nitrogens is 2. The number of carbonyl (C=O) groups is 1. The van der Waals surface area contributed by atoms with E-state index in [1.165, 1.54) is 23.1 Å². The largest absolute Gasteiger partial charge is 0.379 e. The van der Waals surface area contributed by atoms with Gasteiger partial charge < -0.3 is 10.1 Å². The maximum Gasteiger partial charge on any atom is 0.263 e. The summed E-state index contributed by atoms with van der Waals surface area (Å²) in [6.07, 6.45) is 2.62. The molecular weight excluding hydrogens is 442 g/mol. The van der Waals surface area contributed by atoms with Crippen molar-refractivity contribution in [2.24, 2.45) is 0 Å². The van der Waals surface area contributed by atoms with Crippen LogP contribution in [0.2, 0.25) is 0 Å². The Balaban J connectivity index is 1.79. The van der Waals surface area contributed by atoms with Gasteiger partial charge in [0.1, 0.15) is 4.83 Å². The topological polar surface area (TPSA) is 73.2 Å². The Labute approximate surface area is 196 Å². The molecule has 32 heavy (non-hydrogen) atoms. The van der Waals surface area contributed by atoms with Crippen molar-refractivity contribution in [2.45, 2.75) is 45.0 Å². The highest BCUT2D eigenvalue weighted by molar-refractivity contribution is 7.99. The van der Waals surface area contributed by atoms with Gasteiger partial charge in [0.2, 0.25) is 5.91 Å². The second-order valence-corrected chi connectivity index (χ2v) is 9.55. The van der Waals surface area contributed by atoms with Crippen molar-refractivity contribution in [3.63, 3.8) is 0 Å². The number of hydrogen-bond acceptors (Lipinski definition) is 6. The molecule has 0 saturated carbocycles. The van der Waals surface area contributed by atoms with Gasteiger partial charge in [0.25, 0.3) is 5.56 Å². The molecule has 0 saturated heterocycles. The lowest BCUT2D eigenvalue weighted by Crippen LogP contribution is -2.28. The van der Waals surface area contributed by atoms with E-state index in [-0.39, 0.29) is 23.3 Å². The summed E-state index contributed by atoms with van der Waals surface area (Å²) in [5, 5.41) is 4.06. The summed E-state index contributed by atoms with van der Waals surface area (Å²) in [5.74, 6) is 0.0992. The van der Waals surface area contributed by atoms with Crippen LogP contribution >= 0.6 is 23.1 Å². The van der Waals surface area contributed by atoms with E-state index in [1.54, 1.807) is 10.6 Å². The third kappa shape index (κ3) is 5.88. The molecule has 170 valence electrons. The molecule has 3 rings (SSSR count). The molecule has 0 aliphatic carbocycles. The second-order valence-electron chi connectivity index (χ2n) is 7.61. The number of thioether (sulfide) groups is 1. The SMILES string of the molecule is C=CCn1c(SCC(=O)NCCCOC(C)C)nc2sc(-c3ccccc3)c(C)c2c1=O. The van der Waals surface area contributed by atoms with E-state index in [4.69, 9.17) is 9.72 Å². The van der Waals surface area contributed by atoms with Crippen LogP contribution in [-0.2, 0) is 16.1 Å². The van der Waals surface area contributed by atoms with Crippen molar-refractivity contribution in [3.8, 4) is 10.4 Å². The first-order valence-electron chi connectivity index (χ1n) is 10.6. The van der Waals surface area contributed by atoms with Crippen LogP contribution in [0.5, 0.6) is 0 Å². The molecule has 0 aliphatic rings. The van der Waals surface area contributed by atoms with Crippen molar-refractivity contribution in [2.75, 3.05) is 18.9 Å². The van der Waals surface area contributed by atoms with Crippen LogP contribution in [0.15, 0.2) is 52.9 Å². The lowest BCUT2D eigenvalue weighted by atomic mass is 10.1. The third-order valence-electron chi connectivity index (χ3n) is 4.79. The van der Waals surface area contributed by atoms with Crippen LogP contribution in [0.4, 0.5) is 0 Å². The van der Waals surface area contributed by atoms with E-state index in [0.29, 0.717) is 35.1 Å². The fourth-order valence-electron chi connectivity index (χ4n) is 3.26. The van der Waals surface area contributed by atoms with E-state index < -0.39 is 0 Å². The first-order valence-corrected chi connectivity index (χ1v) is 12.4. The highest BCUT2D eigenvalue weighted by Crippen LogP contribution is 2.36. The number of benzene rings is 1. The number of carbonyl (C=O) groups excluding carboxylic acids is 1. The number of thiophene rings is 1. The summed E-state index contributed by atoms with van der Waals surface area (Å²) in [7, 11) is 0. The summed E-state index contributed by atoms with van der Waals surface area (Å²) < 4.78 is 7.08. The molecule has 1 N–H and O–H groups in total. The molecule has 0 spiro atoms. The van der Waals surface area contributed by atoms with Crippen molar-refractivity contribution in [3.05, 3.63) is 58.9 Å². The molecule has 3 aromatic rings. The van der Waals surface area contributed by atoms with Gasteiger partial charge in [0, 0.05) is 24.6 Å². The molecule has 0 aliphatic heterocycles. The summed E-state index contributed by atoms with van der Waals surface area (Å²) in [6, 6.07) is 10.0. The summed E-state index contributed by atoms with van der Waals surface area (Å²) in [5.41, 5.74) is 1.90. The molecule has 0 unspecified atom stereocenters. The van der Waals surface area contributed by atoms with Gasteiger partial charge in [0.05, 0.1) is 17.2 Å². The van der Waals surface area contributed by atoms with Gasteiger partial charge in [-0.25, -0.2) is 4.98 Å². The first kappa shape index (κ1) is 24.2. The monoisotopic (exact) mass is 471 g/mol. The van der Waals surface area contributed by atoms with E-state index in [2.05, 4.69) is 11.9 Å². The molecule has 0 atom stereocenters. The first-order chi connectivity index (χ1) is 15.4. The highest BCUT2D eigenvalue weighted by Gasteiger charge is 2.19. The van der Waals surface area contributed by atoms with E-state index in [1.807, 2.05) is 51.1 Å². The Kier molecular flexibility index (Phi) is 8.67. The number of amides is 1. The molecule has 1 aromatic carbocycles. The summed E-state index contributed by atoms with van der Waals surface area (Å²) in [4.78, 5) is 32.1. The van der Waals surface area contributed by atoms with Gasteiger partial charge in [0.15, 0.2) is 5.16 Å². The zero-order valence-electron chi connectivity index (χ0n) is 18.7. The zero-order chi connectivity index (χ0) is 23.1. The molecular formula is C24H29N3O3S2. The zero-order valence-corrected chi connectivity index (χ0v) is 20.4. The average molecular weight is 472 g/mol. The smallest absolute Gasteiger partial charge is 0.263 e. The van der Waals surface area contributed by atoms with Gasteiger partial charge in [-0.3, -0.25) is 14.2 Å². The standard InChI is InChI=1S/C24H29N3O3S2/c1-5-13-27-23(29)20-17(4)21(18-10-7-6-8-11-18)32-22(20)26-24(27)31-15-19(28)25-12-9-14-30-16(2)3/h5-8,10-11,16H,1,9,12-15H2,2-4H3,(H,25,28).